The molecule has 0 spiro atoms. The molecule has 3 N–H and O–H groups in total. The minimum absolute atomic E-state index is 0.352. The lowest BCUT2D eigenvalue weighted by Crippen LogP contribution is -2.43. The Morgan fingerprint density at radius 3 is 2.11 bits per heavy atom. The number of nitrogens with zero attached hydrogens (tertiary/aromatic N) is 1. The molecule has 190 valence electrons. The lowest BCUT2D eigenvalue weighted by molar-refractivity contribution is -0.134. The summed E-state index contributed by atoms with van der Waals surface area (Å²) in [6.45, 7) is 11.3. The summed E-state index contributed by atoms with van der Waals surface area (Å²) in [4.78, 5) is 21.8. The van der Waals surface area contributed by atoms with Crippen LogP contribution >= 0.6 is 0 Å². The van der Waals surface area contributed by atoms with E-state index in [1.165, 1.54) is 24.8 Å². The van der Waals surface area contributed by atoms with Gasteiger partial charge in [0.15, 0.2) is 0 Å². The van der Waals surface area contributed by atoms with Crippen LogP contribution in [0.25, 0.3) is 0 Å². The molecule has 7 heteroatoms. The number of piperidine rings is 1. The van der Waals surface area contributed by atoms with E-state index in [1.54, 1.807) is 0 Å². The Balaban J connectivity index is 0.000000466. The van der Waals surface area contributed by atoms with Crippen LogP contribution in [0.2, 0.25) is 0 Å². The van der Waals surface area contributed by atoms with Gasteiger partial charge in [-0.3, -0.25) is 4.90 Å². The van der Waals surface area contributed by atoms with Crippen molar-refractivity contribution >= 4 is 11.9 Å². The molecular weight excluding hydrogens is 444 g/mol. The van der Waals surface area contributed by atoms with Crippen molar-refractivity contribution in [2.45, 2.75) is 52.6 Å². The molecule has 35 heavy (non-hydrogen) atoms. The Morgan fingerprint density at radius 1 is 0.971 bits per heavy atom. The van der Waals surface area contributed by atoms with E-state index in [9.17, 15) is 9.59 Å². The van der Waals surface area contributed by atoms with Gasteiger partial charge in [0.1, 0.15) is 11.5 Å². The van der Waals surface area contributed by atoms with E-state index in [1.807, 2.05) is 30.3 Å². The molecule has 0 aromatic heterocycles. The number of hydrogen-bond acceptors (Lipinski definition) is 5. The van der Waals surface area contributed by atoms with Gasteiger partial charge in [-0.1, -0.05) is 57.2 Å². The minimum Gasteiger partial charge on any atom is -0.478 e. The van der Waals surface area contributed by atoms with Crippen molar-refractivity contribution in [2.24, 2.45) is 5.41 Å². The largest absolute Gasteiger partial charge is 0.478 e. The normalized spacial score (nSPS) is 14.4. The van der Waals surface area contributed by atoms with E-state index in [-0.39, 0.29) is 0 Å². The van der Waals surface area contributed by atoms with Gasteiger partial charge in [0.05, 0.1) is 0 Å². The summed E-state index contributed by atoms with van der Waals surface area (Å²) < 4.78 is 6.20. The zero-order chi connectivity index (χ0) is 25.7. The van der Waals surface area contributed by atoms with Crippen molar-refractivity contribution in [1.29, 1.82) is 0 Å². The van der Waals surface area contributed by atoms with Crippen molar-refractivity contribution < 1.29 is 24.5 Å². The highest BCUT2D eigenvalue weighted by Crippen LogP contribution is 2.29. The number of hydrogen-bond donors (Lipinski definition) is 3. The van der Waals surface area contributed by atoms with Crippen molar-refractivity contribution in [1.82, 2.24) is 10.2 Å². The number of rotatable bonds is 9. The average molecular weight is 483 g/mol. The van der Waals surface area contributed by atoms with Gasteiger partial charge in [-0.05, 0) is 62.5 Å². The molecular formula is C28H38N2O5. The first kappa shape index (κ1) is 28.1. The molecule has 2 aromatic carbocycles. The van der Waals surface area contributed by atoms with Crippen LogP contribution in [0.5, 0.6) is 11.5 Å². The lowest BCUT2D eigenvalue weighted by Gasteiger charge is -2.36. The Kier molecular flexibility index (Phi) is 11.5. The first-order valence-corrected chi connectivity index (χ1v) is 12.0. The number of aliphatic carboxylic acids is 2. The number of ether oxygens (including phenoxy) is 1. The standard InChI is InChI=1S/C24H34N2O.C4H4O4/c1-24(2,3)15-18-26(21-13-16-25-17-14-21)19-20-9-7-8-12-23(20)27-22-10-5-4-6-11-22;5-3(6)1-2-4(7)8/h4-12,21,25H,13-19H2,1-3H3;1-2H,(H,5,6)(H,7,8). The van der Waals surface area contributed by atoms with Crippen LogP contribution in [-0.4, -0.2) is 52.7 Å². The third-order valence-corrected chi connectivity index (χ3v) is 5.66. The fourth-order valence-electron chi connectivity index (χ4n) is 3.75. The van der Waals surface area contributed by atoms with Crippen molar-refractivity contribution in [3.05, 3.63) is 72.3 Å². The van der Waals surface area contributed by atoms with E-state index in [2.05, 4.69) is 55.3 Å². The SMILES string of the molecule is CC(C)(C)CCN(Cc1ccccc1Oc1ccccc1)C1CCNCC1.O=C(O)C=CC(=O)O. The Morgan fingerprint density at radius 2 is 1.54 bits per heavy atom. The molecule has 1 fully saturated rings. The minimum atomic E-state index is -1.26. The molecule has 1 heterocycles. The molecule has 0 radical (unpaired) electrons. The molecule has 7 nitrogen and oxygen atoms in total. The van der Waals surface area contributed by atoms with Gasteiger partial charge < -0.3 is 20.3 Å². The van der Waals surface area contributed by atoms with Crippen LogP contribution < -0.4 is 10.1 Å². The maximum Gasteiger partial charge on any atom is 0.328 e. The molecule has 2 aromatic rings. The average Bonchev–Trinajstić information content (AvgIpc) is 2.82. The number of nitrogens with one attached hydrogen (secondary N) is 1. The highest BCUT2D eigenvalue weighted by Gasteiger charge is 2.24. The van der Waals surface area contributed by atoms with Gasteiger partial charge >= 0.3 is 11.9 Å². The van der Waals surface area contributed by atoms with Gasteiger partial charge in [0.25, 0.3) is 0 Å². The first-order chi connectivity index (χ1) is 16.6. The van der Waals surface area contributed by atoms with Gasteiger partial charge in [0, 0.05) is 30.3 Å². The second-order valence-electron chi connectivity index (χ2n) is 9.79. The summed E-state index contributed by atoms with van der Waals surface area (Å²) in [7, 11) is 0. The Bertz CT molecular complexity index is 931. The molecule has 1 saturated heterocycles. The summed E-state index contributed by atoms with van der Waals surface area (Å²) in [5.41, 5.74) is 1.62. The van der Waals surface area contributed by atoms with Gasteiger partial charge in [-0.2, -0.15) is 0 Å². The molecule has 1 aliphatic rings. The molecule has 0 unspecified atom stereocenters. The predicted molar refractivity (Wildman–Crippen MR) is 138 cm³/mol. The predicted octanol–water partition coefficient (Wildman–Crippen LogP) is 5.18. The van der Waals surface area contributed by atoms with Crippen molar-refractivity contribution in [3.8, 4) is 11.5 Å². The number of para-hydroxylation sites is 2. The van der Waals surface area contributed by atoms with Gasteiger partial charge in [0.2, 0.25) is 0 Å². The monoisotopic (exact) mass is 482 g/mol. The summed E-state index contributed by atoms with van der Waals surface area (Å²) in [6, 6.07) is 19.2. The van der Waals surface area contributed by atoms with E-state index < -0.39 is 11.9 Å². The molecule has 3 rings (SSSR count). The molecule has 0 saturated carbocycles. The smallest absolute Gasteiger partial charge is 0.328 e. The molecule has 0 amide bonds. The van der Waals surface area contributed by atoms with E-state index in [4.69, 9.17) is 14.9 Å². The molecule has 0 aliphatic carbocycles. The van der Waals surface area contributed by atoms with Gasteiger partial charge in [-0.15, -0.1) is 0 Å². The van der Waals surface area contributed by atoms with E-state index in [0.29, 0.717) is 23.6 Å². The third kappa shape index (κ3) is 11.7. The fraction of sp³-hybridized carbons (Fsp3) is 0.429. The summed E-state index contributed by atoms with van der Waals surface area (Å²) in [5.74, 6) is -0.647. The molecule has 0 atom stereocenters. The number of carboxylic acid groups (broad SMARTS) is 2. The van der Waals surface area contributed by atoms with Crippen LogP contribution in [0.15, 0.2) is 66.7 Å². The second-order valence-corrected chi connectivity index (χ2v) is 9.79. The Labute approximate surface area is 208 Å². The van der Waals surface area contributed by atoms with Gasteiger partial charge in [-0.25, -0.2) is 9.59 Å². The first-order valence-electron chi connectivity index (χ1n) is 12.0. The third-order valence-electron chi connectivity index (χ3n) is 5.66. The fourth-order valence-corrected chi connectivity index (χ4v) is 3.75. The van der Waals surface area contributed by atoms with Crippen LogP contribution in [0.4, 0.5) is 0 Å². The quantitative estimate of drug-likeness (QED) is 0.424. The van der Waals surface area contributed by atoms with Crippen LogP contribution in [0.1, 0.15) is 45.6 Å². The van der Waals surface area contributed by atoms with Crippen LogP contribution in [-0.2, 0) is 16.1 Å². The van der Waals surface area contributed by atoms with E-state index in [0.717, 1.165) is 37.7 Å². The number of benzene rings is 2. The maximum absolute atomic E-state index is 9.55. The highest BCUT2D eigenvalue weighted by atomic mass is 16.5. The van der Waals surface area contributed by atoms with Crippen molar-refractivity contribution in [3.63, 3.8) is 0 Å². The maximum atomic E-state index is 9.55. The summed E-state index contributed by atoms with van der Waals surface area (Å²) in [6.07, 6.45) is 4.78. The number of carboxylic acids is 2. The zero-order valence-corrected chi connectivity index (χ0v) is 20.9. The van der Waals surface area contributed by atoms with Crippen LogP contribution in [0.3, 0.4) is 0 Å². The highest BCUT2D eigenvalue weighted by molar-refractivity contribution is 5.89. The van der Waals surface area contributed by atoms with Crippen molar-refractivity contribution in [2.75, 3.05) is 19.6 Å². The molecule has 1 aliphatic heterocycles. The van der Waals surface area contributed by atoms with E-state index >= 15 is 0 Å². The summed E-state index contributed by atoms with van der Waals surface area (Å²) >= 11 is 0. The molecule has 0 bridgehead atoms. The number of carbonyl (C=O) groups is 2. The van der Waals surface area contributed by atoms with Crippen LogP contribution in [0, 0.1) is 5.41 Å². The lowest BCUT2D eigenvalue weighted by atomic mass is 9.91. The zero-order valence-electron chi connectivity index (χ0n) is 20.9. The topological polar surface area (TPSA) is 99.1 Å². The summed E-state index contributed by atoms with van der Waals surface area (Å²) in [5, 5.41) is 19.1. The second kappa shape index (κ2) is 14.3. The Hall–Kier alpha value is -3.16.